The van der Waals surface area contributed by atoms with Gasteiger partial charge in [0.05, 0.1) is 0 Å². The maximum Gasteiger partial charge on any atom is 3.00 e. The molecule has 0 atom stereocenters. The fraction of sp³-hybridized carbons (Fsp3) is 0. The molecule has 0 fully saturated rings. The van der Waals surface area contributed by atoms with Crippen molar-refractivity contribution in [3.8, 4) is 0 Å². The first-order valence-corrected chi connectivity index (χ1v) is 0. The molecule has 0 aliphatic heterocycles. The van der Waals surface area contributed by atoms with E-state index in [1.807, 2.05) is 0 Å². The van der Waals surface area contributed by atoms with Gasteiger partial charge in [-0.2, -0.15) is 0 Å². The molecular weight excluding hydrogens is 270 g/mol. The van der Waals surface area contributed by atoms with Crippen LogP contribution in [0.5, 0.6) is 0 Å². The Bertz CT molecular complexity index is 11.7. The van der Waals surface area contributed by atoms with Crippen LogP contribution < -0.4 is 0 Å². The molecule has 0 N–H and O–H groups in total. The Morgan fingerprint density at radius 3 is 0.571 bits per heavy atom. The minimum absolute atomic E-state index is 0. The fourth-order valence-corrected chi connectivity index (χ4v) is 0. The molecule has 32 valence electrons. The molecule has 0 saturated carbocycles. The van der Waals surface area contributed by atoms with Crippen LogP contribution >= 0.6 is 0 Å². The Hall–Kier alpha value is 2.83. The summed E-state index contributed by atoms with van der Waals surface area (Å²) in [6.07, 6.45) is 0. The van der Waals surface area contributed by atoms with Gasteiger partial charge in [-0.1, -0.05) is 0 Å². The molecule has 0 aromatic heterocycles. The van der Waals surface area contributed by atoms with E-state index in [-0.39, 0.29) is 113 Å². The Kier molecular flexibility index (Phi) is 926. The third-order valence-electron chi connectivity index (χ3n) is 0. The van der Waals surface area contributed by atoms with Gasteiger partial charge in [0.2, 0.25) is 0 Å². The standard InChI is InChI=1S/Al.Ca.La.4O/q+3;+2;+3;4*-2. The zero-order chi connectivity index (χ0) is 0. The van der Waals surface area contributed by atoms with Crippen molar-refractivity contribution in [3.63, 3.8) is 0 Å². The summed E-state index contributed by atoms with van der Waals surface area (Å²) in [5.41, 5.74) is 0. The summed E-state index contributed by atoms with van der Waals surface area (Å²) in [6.45, 7) is 0. The quantitative estimate of drug-likeness (QED) is 0.490. The van der Waals surface area contributed by atoms with E-state index in [2.05, 4.69) is 0 Å². The molecule has 0 saturated heterocycles. The zero-order valence-corrected chi connectivity index (χ0v) is 10.5. The molecule has 7 heteroatoms. The van der Waals surface area contributed by atoms with E-state index in [1.54, 1.807) is 0 Å². The molecule has 0 aromatic carbocycles. The van der Waals surface area contributed by atoms with Crippen LogP contribution in [0.25, 0.3) is 0 Å². The van der Waals surface area contributed by atoms with Crippen LogP contribution in [0.4, 0.5) is 0 Å². The van der Waals surface area contributed by atoms with Crippen LogP contribution in [0.3, 0.4) is 0 Å². The maximum atomic E-state index is 0. The van der Waals surface area contributed by atoms with Crippen molar-refractivity contribution in [1.82, 2.24) is 0 Å². The molecule has 0 rings (SSSR count). The molecule has 0 unspecified atom stereocenters. The Morgan fingerprint density at radius 1 is 0.571 bits per heavy atom. The smallest absolute Gasteiger partial charge is 2.00 e. The average Bonchev–Trinajstić information content (AvgIpc) is 0. The largest absolute Gasteiger partial charge is 3.00 e. The van der Waals surface area contributed by atoms with Crippen LogP contribution in [0, 0.1) is 35.6 Å². The van der Waals surface area contributed by atoms with Gasteiger partial charge in [0.15, 0.2) is 0 Å². The second-order valence-electron chi connectivity index (χ2n) is 0. The van der Waals surface area contributed by atoms with Crippen LogP contribution in [-0.2, 0) is 21.9 Å². The van der Waals surface area contributed by atoms with Crippen molar-refractivity contribution >= 4 is 55.1 Å². The van der Waals surface area contributed by atoms with E-state index in [0.29, 0.717) is 0 Å². The first kappa shape index (κ1) is 95.8. The Morgan fingerprint density at radius 2 is 0.571 bits per heavy atom. The van der Waals surface area contributed by atoms with Crippen LogP contribution in [-0.4, -0.2) is 55.1 Å². The predicted molar refractivity (Wildman–Crippen MR) is 14.3 cm³/mol. The summed E-state index contributed by atoms with van der Waals surface area (Å²) >= 11 is 0. The second kappa shape index (κ2) is 67.7. The summed E-state index contributed by atoms with van der Waals surface area (Å²) in [5.74, 6) is 0. The molecule has 0 aliphatic carbocycles. The fourth-order valence-electron chi connectivity index (χ4n) is 0. The van der Waals surface area contributed by atoms with Crippen molar-refractivity contribution in [2.75, 3.05) is 0 Å². The molecule has 0 aromatic rings. The van der Waals surface area contributed by atoms with E-state index in [0.717, 1.165) is 0 Å². The molecular formula is AlCaLaO4. The third-order valence-corrected chi connectivity index (χ3v) is 0. The molecule has 0 spiro atoms. The van der Waals surface area contributed by atoms with Gasteiger partial charge >= 0.3 is 90.7 Å². The van der Waals surface area contributed by atoms with Crippen molar-refractivity contribution in [1.29, 1.82) is 0 Å². The molecule has 0 radical (unpaired) electrons. The van der Waals surface area contributed by atoms with Crippen molar-refractivity contribution in [2.24, 2.45) is 0 Å². The minimum atomic E-state index is 0. The summed E-state index contributed by atoms with van der Waals surface area (Å²) in [4.78, 5) is 0. The summed E-state index contributed by atoms with van der Waals surface area (Å²) in [5, 5.41) is 0. The summed E-state index contributed by atoms with van der Waals surface area (Å²) in [6, 6.07) is 0. The molecule has 7 heavy (non-hydrogen) atoms. The predicted octanol–water partition coefficient (Wildman–Crippen LogP) is -1.24. The van der Waals surface area contributed by atoms with E-state index in [4.69, 9.17) is 0 Å². The SMILES string of the molecule is [Al+3].[Ca+2].[La+3].[O-2].[O-2].[O-2].[O-2]. The second-order valence-corrected chi connectivity index (χ2v) is 0. The maximum absolute atomic E-state index is 0. The van der Waals surface area contributed by atoms with Gasteiger partial charge in [0.1, 0.15) is 0 Å². The van der Waals surface area contributed by atoms with Gasteiger partial charge in [-0.15, -0.1) is 0 Å². The minimum Gasteiger partial charge on any atom is -2.00 e. The molecule has 0 aliphatic rings. The van der Waals surface area contributed by atoms with E-state index < -0.39 is 0 Å². The topological polar surface area (TPSA) is 114 Å². The van der Waals surface area contributed by atoms with Gasteiger partial charge in [-0.3, -0.25) is 0 Å². The first-order valence-electron chi connectivity index (χ1n) is 0. The van der Waals surface area contributed by atoms with Gasteiger partial charge in [0.25, 0.3) is 0 Å². The summed E-state index contributed by atoms with van der Waals surface area (Å²) in [7, 11) is 0. The number of hydrogen-bond acceptors (Lipinski definition) is 0. The molecule has 0 heterocycles. The number of hydrogen-bond donors (Lipinski definition) is 0. The summed E-state index contributed by atoms with van der Waals surface area (Å²) < 4.78 is 0. The van der Waals surface area contributed by atoms with Crippen LogP contribution in [0.2, 0.25) is 0 Å². The molecule has 0 bridgehead atoms. The van der Waals surface area contributed by atoms with Crippen LogP contribution in [0.15, 0.2) is 0 Å². The van der Waals surface area contributed by atoms with E-state index in [9.17, 15) is 0 Å². The average molecular weight is 270 g/mol. The third kappa shape index (κ3) is 51.5. The van der Waals surface area contributed by atoms with E-state index in [1.165, 1.54) is 0 Å². The molecule has 0 amide bonds. The van der Waals surface area contributed by atoms with Crippen LogP contribution in [0.1, 0.15) is 0 Å². The van der Waals surface area contributed by atoms with Gasteiger partial charge in [-0.25, -0.2) is 0 Å². The van der Waals surface area contributed by atoms with Gasteiger partial charge < -0.3 is 21.9 Å². The molecule has 4 nitrogen and oxygen atoms in total. The zero-order valence-electron chi connectivity index (χ0n) is 3.49. The van der Waals surface area contributed by atoms with Gasteiger partial charge in [0, 0.05) is 0 Å². The normalized spacial score (nSPS) is 0. The number of rotatable bonds is 0. The Labute approximate surface area is 110 Å². The monoisotopic (exact) mass is 270 g/mol. The van der Waals surface area contributed by atoms with Crippen molar-refractivity contribution in [3.05, 3.63) is 0 Å². The van der Waals surface area contributed by atoms with Crippen molar-refractivity contribution < 1.29 is 57.5 Å². The van der Waals surface area contributed by atoms with Crippen molar-refractivity contribution in [2.45, 2.75) is 0 Å². The Balaban J connectivity index is 0. The first-order chi connectivity index (χ1) is 0. The van der Waals surface area contributed by atoms with Gasteiger partial charge in [-0.05, 0) is 0 Å². The van der Waals surface area contributed by atoms with E-state index >= 15 is 0 Å².